The molecule has 0 bridgehead atoms. The van der Waals surface area contributed by atoms with Crippen molar-refractivity contribution >= 4 is 11.4 Å². The van der Waals surface area contributed by atoms with Gasteiger partial charge in [0.1, 0.15) is 23.0 Å². The average Bonchev–Trinajstić information content (AvgIpc) is 3.28. The Labute approximate surface area is 187 Å². The van der Waals surface area contributed by atoms with Gasteiger partial charge in [-0.05, 0) is 64.1 Å². The van der Waals surface area contributed by atoms with Crippen molar-refractivity contribution in [2.75, 3.05) is 25.7 Å². The maximum Gasteiger partial charge on any atom is 0.141 e. The summed E-state index contributed by atoms with van der Waals surface area (Å²) in [5.41, 5.74) is 18.3. The summed E-state index contributed by atoms with van der Waals surface area (Å²) in [6.45, 7) is 7.54. The predicted molar refractivity (Wildman–Crippen MR) is 125 cm³/mol. The molecule has 0 unspecified atom stereocenters. The molecule has 0 aliphatic heterocycles. The molecule has 0 atom stereocenters. The van der Waals surface area contributed by atoms with E-state index in [9.17, 15) is 0 Å². The van der Waals surface area contributed by atoms with E-state index >= 15 is 0 Å². The van der Waals surface area contributed by atoms with Crippen molar-refractivity contribution in [1.29, 1.82) is 0 Å². The SMILES string of the molecule is COc1ccc(N)cc1-c1c(C)noc1C.COc1ccc(N)cc1-c1c(C)noc1C. The number of methoxy groups -OCH3 is 2. The van der Waals surface area contributed by atoms with Crippen LogP contribution in [0.1, 0.15) is 22.9 Å². The predicted octanol–water partition coefficient (Wildman–Crippen LogP) is 5.10. The summed E-state index contributed by atoms with van der Waals surface area (Å²) in [6.07, 6.45) is 0. The van der Waals surface area contributed by atoms with Crippen LogP contribution >= 0.6 is 0 Å². The number of aryl methyl sites for hydroxylation is 4. The first-order valence-corrected chi connectivity index (χ1v) is 10.00. The van der Waals surface area contributed by atoms with Gasteiger partial charge >= 0.3 is 0 Å². The zero-order chi connectivity index (χ0) is 23.4. The molecular weight excluding hydrogens is 408 g/mol. The first-order chi connectivity index (χ1) is 15.3. The highest BCUT2D eigenvalue weighted by atomic mass is 16.5. The Hall–Kier alpha value is -3.94. The Kier molecular flexibility index (Phi) is 6.73. The van der Waals surface area contributed by atoms with Gasteiger partial charge in [-0.2, -0.15) is 0 Å². The third-order valence-electron chi connectivity index (χ3n) is 5.05. The number of nitrogen functional groups attached to an aromatic ring is 2. The number of ether oxygens (including phenoxy) is 2. The Morgan fingerprint density at radius 1 is 0.656 bits per heavy atom. The Morgan fingerprint density at radius 2 is 1.03 bits per heavy atom. The van der Waals surface area contributed by atoms with Gasteiger partial charge in [0.05, 0.1) is 36.7 Å². The molecule has 0 radical (unpaired) electrons. The van der Waals surface area contributed by atoms with Crippen molar-refractivity contribution in [2.24, 2.45) is 0 Å². The van der Waals surface area contributed by atoms with E-state index in [2.05, 4.69) is 10.3 Å². The number of rotatable bonds is 4. The minimum absolute atomic E-state index is 0.691. The molecule has 2 aromatic heterocycles. The highest BCUT2D eigenvalue weighted by Crippen LogP contribution is 2.36. The van der Waals surface area contributed by atoms with Crippen LogP contribution in [0.4, 0.5) is 11.4 Å². The molecule has 2 heterocycles. The number of benzene rings is 2. The van der Waals surface area contributed by atoms with Gasteiger partial charge in [-0.25, -0.2) is 0 Å². The van der Waals surface area contributed by atoms with Crippen LogP contribution in [-0.4, -0.2) is 24.5 Å². The van der Waals surface area contributed by atoms with Crippen molar-refractivity contribution in [3.05, 3.63) is 59.3 Å². The molecule has 8 heteroatoms. The largest absolute Gasteiger partial charge is 0.496 e. The van der Waals surface area contributed by atoms with Crippen LogP contribution < -0.4 is 20.9 Å². The molecule has 32 heavy (non-hydrogen) atoms. The third kappa shape index (κ3) is 4.54. The van der Waals surface area contributed by atoms with E-state index < -0.39 is 0 Å². The molecule has 2 aromatic carbocycles. The average molecular weight is 437 g/mol. The molecule has 4 N–H and O–H groups in total. The third-order valence-corrected chi connectivity index (χ3v) is 5.05. The Morgan fingerprint density at radius 3 is 1.31 bits per heavy atom. The van der Waals surface area contributed by atoms with Crippen LogP contribution in [-0.2, 0) is 0 Å². The fourth-order valence-corrected chi connectivity index (χ4v) is 3.58. The van der Waals surface area contributed by atoms with Crippen LogP contribution in [0, 0.1) is 27.7 Å². The summed E-state index contributed by atoms with van der Waals surface area (Å²) < 4.78 is 20.9. The monoisotopic (exact) mass is 436 g/mol. The van der Waals surface area contributed by atoms with E-state index in [1.54, 1.807) is 26.4 Å². The van der Waals surface area contributed by atoms with Crippen LogP contribution in [0.2, 0.25) is 0 Å². The molecule has 4 aromatic rings. The summed E-state index contributed by atoms with van der Waals surface area (Å²) in [7, 11) is 3.26. The maximum atomic E-state index is 5.78. The minimum Gasteiger partial charge on any atom is -0.496 e. The Balaban J connectivity index is 0.000000181. The van der Waals surface area contributed by atoms with Crippen molar-refractivity contribution in [3.63, 3.8) is 0 Å². The van der Waals surface area contributed by atoms with Gasteiger partial charge in [-0.3, -0.25) is 0 Å². The number of nitrogens with zero attached hydrogens (tertiary/aromatic N) is 2. The summed E-state index contributed by atoms with van der Waals surface area (Å²) in [5, 5.41) is 7.85. The summed E-state index contributed by atoms with van der Waals surface area (Å²) in [5.74, 6) is 3.06. The topological polar surface area (TPSA) is 123 Å². The molecule has 0 spiro atoms. The lowest BCUT2D eigenvalue weighted by atomic mass is 10.0. The van der Waals surface area contributed by atoms with Gasteiger partial charge in [0, 0.05) is 22.5 Å². The lowest BCUT2D eigenvalue weighted by Gasteiger charge is -2.08. The summed E-state index contributed by atoms with van der Waals surface area (Å²) in [4.78, 5) is 0. The van der Waals surface area contributed by atoms with Gasteiger partial charge in [-0.15, -0.1) is 0 Å². The maximum absolute atomic E-state index is 5.78. The zero-order valence-electron chi connectivity index (χ0n) is 19.1. The van der Waals surface area contributed by atoms with Crippen LogP contribution in [0.25, 0.3) is 22.3 Å². The van der Waals surface area contributed by atoms with Crippen molar-refractivity contribution in [1.82, 2.24) is 10.3 Å². The van der Waals surface area contributed by atoms with E-state index in [0.717, 1.165) is 56.7 Å². The standard InChI is InChI=1S/2C12H14N2O2/c2*1-7-12(8(2)16-14-7)10-6-9(13)4-5-11(10)15-3/h2*4-6H,13H2,1-3H3. The molecule has 0 aliphatic rings. The minimum atomic E-state index is 0.691. The summed E-state index contributed by atoms with van der Waals surface area (Å²) >= 11 is 0. The van der Waals surface area contributed by atoms with E-state index in [0.29, 0.717) is 11.4 Å². The first kappa shape index (κ1) is 22.7. The van der Waals surface area contributed by atoms with Crippen LogP contribution in [0.3, 0.4) is 0 Å². The Bertz CT molecular complexity index is 1090. The quantitative estimate of drug-likeness (QED) is 0.424. The molecule has 8 nitrogen and oxygen atoms in total. The summed E-state index contributed by atoms with van der Waals surface area (Å²) in [6, 6.07) is 11.0. The molecule has 0 saturated heterocycles. The number of anilines is 2. The lowest BCUT2D eigenvalue weighted by Crippen LogP contribution is -1.92. The van der Waals surface area contributed by atoms with Crippen LogP contribution in [0.5, 0.6) is 11.5 Å². The lowest BCUT2D eigenvalue weighted by molar-refractivity contribution is 0.393. The molecule has 0 amide bonds. The van der Waals surface area contributed by atoms with Crippen molar-refractivity contribution in [2.45, 2.75) is 27.7 Å². The highest BCUT2D eigenvalue weighted by molar-refractivity contribution is 5.77. The van der Waals surface area contributed by atoms with Gasteiger partial charge in [0.15, 0.2) is 0 Å². The fraction of sp³-hybridized carbons (Fsp3) is 0.250. The van der Waals surface area contributed by atoms with E-state index in [1.165, 1.54) is 0 Å². The van der Waals surface area contributed by atoms with Crippen LogP contribution in [0.15, 0.2) is 45.4 Å². The molecular formula is C24H28N4O4. The second-order valence-electron chi connectivity index (χ2n) is 7.32. The highest BCUT2D eigenvalue weighted by Gasteiger charge is 2.17. The van der Waals surface area contributed by atoms with Gasteiger partial charge in [0.25, 0.3) is 0 Å². The van der Waals surface area contributed by atoms with E-state index in [4.69, 9.17) is 30.0 Å². The second kappa shape index (κ2) is 9.47. The van der Waals surface area contributed by atoms with Crippen molar-refractivity contribution < 1.29 is 18.5 Å². The van der Waals surface area contributed by atoms with Gasteiger partial charge in [-0.1, -0.05) is 10.3 Å². The molecule has 0 aliphatic carbocycles. The molecule has 0 fully saturated rings. The number of nitrogens with two attached hydrogens (primary N) is 2. The smallest absolute Gasteiger partial charge is 0.141 e. The first-order valence-electron chi connectivity index (χ1n) is 10.00. The van der Waals surface area contributed by atoms with Gasteiger partial charge < -0.3 is 30.0 Å². The van der Waals surface area contributed by atoms with Crippen molar-refractivity contribution in [3.8, 4) is 33.8 Å². The van der Waals surface area contributed by atoms with E-state index in [-0.39, 0.29) is 0 Å². The molecule has 0 saturated carbocycles. The number of hydrogen-bond acceptors (Lipinski definition) is 8. The van der Waals surface area contributed by atoms with Gasteiger partial charge in [0.2, 0.25) is 0 Å². The fourth-order valence-electron chi connectivity index (χ4n) is 3.58. The zero-order valence-corrected chi connectivity index (χ0v) is 19.1. The number of aromatic nitrogens is 2. The number of hydrogen-bond donors (Lipinski definition) is 2. The normalized spacial score (nSPS) is 10.4. The molecule has 4 rings (SSSR count). The van der Waals surface area contributed by atoms with E-state index in [1.807, 2.05) is 52.0 Å². The second-order valence-corrected chi connectivity index (χ2v) is 7.32. The molecule has 168 valence electrons.